The molecule has 166 valence electrons. The van der Waals surface area contributed by atoms with E-state index >= 15 is 0 Å². The van der Waals surface area contributed by atoms with Gasteiger partial charge in [-0.3, -0.25) is 19.1 Å². The number of piperidine rings is 1. The molecular weight excluding hydrogens is 380 g/mol. The summed E-state index contributed by atoms with van der Waals surface area (Å²) >= 11 is 0. The van der Waals surface area contributed by atoms with Crippen LogP contribution in [0.4, 0.5) is 0 Å². The Balaban J connectivity index is 1.33. The number of aromatic nitrogens is 2. The van der Waals surface area contributed by atoms with Crippen LogP contribution < -0.4 is 5.56 Å². The van der Waals surface area contributed by atoms with Gasteiger partial charge in [0.05, 0.1) is 18.3 Å². The summed E-state index contributed by atoms with van der Waals surface area (Å²) in [5.74, 6) is 1.41. The fraction of sp³-hybridized carbons (Fsp3) is 0.783. The highest BCUT2D eigenvalue weighted by molar-refractivity contribution is 5.78. The van der Waals surface area contributed by atoms with Gasteiger partial charge in [0.15, 0.2) is 0 Å². The van der Waals surface area contributed by atoms with E-state index in [-0.39, 0.29) is 23.5 Å². The Morgan fingerprint density at radius 2 is 2.03 bits per heavy atom. The molecule has 2 saturated heterocycles. The van der Waals surface area contributed by atoms with Crippen LogP contribution in [0, 0.1) is 0 Å². The molecule has 7 nitrogen and oxygen atoms in total. The minimum Gasteiger partial charge on any atom is -0.376 e. The van der Waals surface area contributed by atoms with E-state index in [0.717, 1.165) is 102 Å². The molecular formula is C23H36N4O3. The number of aryl methyl sites for hydroxylation is 1. The maximum atomic E-state index is 12.9. The van der Waals surface area contributed by atoms with Crippen LogP contribution >= 0.6 is 0 Å². The first kappa shape index (κ1) is 21.5. The smallest absolute Gasteiger partial charge is 0.253 e. The van der Waals surface area contributed by atoms with Crippen molar-refractivity contribution in [3.8, 4) is 0 Å². The number of hydrogen-bond acceptors (Lipinski definition) is 5. The van der Waals surface area contributed by atoms with Gasteiger partial charge in [-0.25, -0.2) is 4.98 Å². The van der Waals surface area contributed by atoms with Crippen molar-refractivity contribution in [1.29, 1.82) is 0 Å². The molecule has 0 N–H and O–H groups in total. The Labute approximate surface area is 179 Å². The van der Waals surface area contributed by atoms with Crippen molar-refractivity contribution < 1.29 is 9.53 Å². The average Bonchev–Trinajstić information content (AvgIpc) is 3.08. The largest absolute Gasteiger partial charge is 0.376 e. The van der Waals surface area contributed by atoms with Gasteiger partial charge >= 0.3 is 0 Å². The Morgan fingerprint density at radius 1 is 1.13 bits per heavy atom. The summed E-state index contributed by atoms with van der Waals surface area (Å²) < 4.78 is 7.74. The van der Waals surface area contributed by atoms with Crippen LogP contribution in [0.25, 0.3) is 0 Å². The van der Waals surface area contributed by atoms with Gasteiger partial charge in [-0.2, -0.15) is 0 Å². The molecule has 0 bridgehead atoms. The summed E-state index contributed by atoms with van der Waals surface area (Å²) in [6.45, 7) is 7.40. The van der Waals surface area contributed by atoms with E-state index in [1.807, 2.05) is 9.47 Å². The fourth-order valence-electron chi connectivity index (χ4n) is 5.04. The normalized spacial score (nSPS) is 25.2. The van der Waals surface area contributed by atoms with Gasteiger partial charge < -0.3 is 9.64 Å². The third kappa shape index (κ3) is 5.11. The van der Waals surface area contributed by atoms with Gasteiger partial charge in [0.2, 0.25) is 5.91 Å². The third-order valence-electron chi connectivity index (χ3n) is 6.73. The summed E-state index contributed by atoms with van der Waals surface area (Å²) in [6.07, 6.45) is 8.47. The van der Waals surface area contributed by atoms with Crippen LogP contribution in [0.15, 0.2) is 10.9 Å². The van der Waals surface area contributed by atoms with Crippen molar-refractivity contribution in [2.24, 2.45) is 0 Å². The van der Waals surface area contributed by atoms with Crippen LogP contribution in [0.1, 0.15) is 69.3 Å². The van der Waals surface area contributed by atoms with Gasteiger partial charge in [-0.1, -0.05) is 13.3 Å². The second-order valence-electron chi connectivity index (χ2n) is 9.09. The van der Waals surface area contributed by atoms with Crippen molar-refractivity contribution in [2.75, 3.05) is 39.3 Å². The predicted molar refractivity (Wildman–Crippen MR) is 116 cm³/mol. The van der Waals surface area contributed by atoms with E-state index in [1.54, 1.807) is 6.07 Å². The van der Waals surface area contributed by atoms with Crippen molar-refractivity contribution >= 4 is 5.91 Å². The number of fused-ring (bicyclic) bond motifs is 1. The zero-order valence-electron chi connectivity index (χ0n) is 18.4. The molecule has 2 atom stereocenters. The van der Waals surface area contributed by atoms with Crippen LogP contribution in [0.2, 0.25) is 0 Å². The van der Waals surface area contributed by atoms with Gasteiger partial charge in [-0.05, 0) is 45.1 Å². The van der Waals surface area contributed by atoms with Crippen molar-refractivity contribution in [3.05, 3.63) is 27.9 Å². The molecule has 0 radical (unpaired) electrons. The van der Waals surface area contributed by atoms with Gasteiger partial charge in [-0.15, -0.1) is 0 Å². The molecule has 3 aliphatic heterocycles. The first-order valence-electron chi connectivity index (χ1n) is 11.9. The third-order valence-corrected chi connectivity index (χ3v) is 6.73. The quantitative estimate of drug-likeness (QED) is 0.711. The van der Waals surface area contributed by atoms with Gasteiger partial charge in [0.1, 0.15) is 5.82 Å². The minimum atomic E-state index is 0.0952. The number of hydrogen-bond donors (Lipinski definition) is 0. The number of carbonyl (C=O) groups excluding carboxylic acids is 1. The monoisotopic (exact) mass is 416 g/mol. The summed E-state index contributed by atoms with van der Waals surface area (Å²) in [7, 11) is 0. The molecule has 3 aliphatic rings. The highest BCUT2D eigenvalue weighted by Gasteiger charge is 2.30. The van der Waals surface area contributed by atoms with E-state index in [9.17, 15) is 9.59 Å². The van der Waals surface area contributed by atoms with Crippen LogP contribution in [-0.4, -0.2) is 70.7 Å². The molecule has 2 fully saturated rings. The molecule has 0 unspecified atom stereocenters. The number of carbonyl (C=O) groups is 1. The summed E-state index contributed by atoms with van der Waals surface area (Å²) in [5.41, 5.74) is 1.02. The molecule has 7 heteroatoms. The maximum Gasteiger partial charge on any atom is 0.253 e. The second kappa shape index (κ2) is 10.1. The van der Waals surface area contributed by atoms with Crippen molar-refractivity contribution in [3.63, 3.8) is 0 Å². The number of ether oxygens (including phenoxy) is 1. The number of likely N-dealkylation sites (tertiary alicyclic amines) is 2. The molecule has 1 aromatic rings. The number of nitrogens with zero attached hydrogens (tertiary/aromatic N) is 4. The van der Waals surface area contributed by atoms with Crippen LogP contribution in [-0.2, 0) is 22.5 Å². The molecule has 1 aromatic heterocycles. The topological polar surface area (TPSA) is 67.7 Å². The first-order valence-corrected chi connectivity index (χ1v) is 11.9. The number of rotatable bonds is 6. The minimum absolute atomic E-state index is 0.0952. The summed E-state index contributed by atoms with van der Waals surface area (Å²) in [4.78, 5) is 34.6. The van der Waals surface area contributed by atoms with Crippen molar-refractivity contribution in [2.45, 2.75) is 76.9 Å². The van der Waals surface area contributed by atoms with E-state index in [1.165, 1.54) is 0 Å². The van der Waals surface area contributed by atoms with E-state index in [4.69, 9.17) is 9.72 Å². The molecule has 0 spiro atoms. The molecule has 0 aromatic carbocycles. The van der Waals surface area contributed by atoms with Crippen LogP contribution in [0.5, 0.6) is 0 Å². The van der Waals surface area contributed by atoms with E-state index in [0.29, 0.717) is 6.54 Å². The second-order valence-corrected chi connectivity index (χ2v) is 9.09. The summed E-state index contributed by atoms with van der Waals surface area (Å²) in [5, 5.41) is 0. The lowest BCUT2D eigenvalue weighted by Crippen LogP contribution is -2.47. The molecule has 1 amide bonds. The zero-order chi connectivity index (χ0) is 20.9. The van der Waals surface area contributed by atoms with E-state index in [2.05, 4.69) is 11.8 Å². The fourth-order valence-corrected chi connectivity index (χ4v) is 5.04. The molecule has 0 saturated carbocycles. The highest BCUT2D eigenvalue weighted by Crippen LogP contribution is 2.26. The Morgan fingerprint density at radius 3 is 2.90 bits per heavy atom. The van der Waals surface area contributed by atoms with E-state index < -0.39 is 0 Å². The highest BCUT2D eigenvalue weighted by atomic mass is 16.5. The van der Waals surface area contributed by atoms with Gasteiger partial charge in [0, 0.05) is 51.2 Å². The summed E-state index contributed by atoms with van der Waals surface area (Å²) in [6, 6.07) is 1.74. The Kier molecular flexibility index (Phi) is 7.20. The molecule has 4 heterocycles. The molecule has 4 rings (SSSR count). The molecule has 30 heavy (non-hydrogen) atoms. The predicted octanol–water partition coefficient (Wildman–Crippen LogP) is 2.18. The maximum absolute atomic E-state index is 12.9. The SMILES string of the molecule is CCCO[C@H]1CCCN(C(=O)CN2CC[C@@H](c3cc(=O)n4c(n3)CCCCC4)C2)C1. The van der Waals surface area contributed by atoms with Gasteiger partial charge in [0.25, 0.3) is 5.56 Å². The zero-order valence-corrected chi connectivity index (χ0v) is 18.4. The van der Waals surface area contributed by atoms with Crippen molar-refractivity contribution in [1.82, 2.24) is 19.4 Å². The number of amides is 1. The van der Waals surface area contributed by atoms with Crippen LogP contribution in [0.3, 0.4) is 0 Å². The lowest BCUT2D eigenvalue weighted by atomic mass is 10.0. The Hall–Kier alpha value is -1.73. The lowest BCUT2D eigenvalue weighted by molar-refractivity contribution is -0.136. The first-order chi connectivity index (χ1) is 14.6. The lowest BCUT2D eigenvalue weighted by Gasteiger charge is -2.33. The molecule has 0 aliphatic carbocycles. The Bertz CT molecular complexity index is 793. The standard InChI is InChI=1S/C23H36N4O3/c1-2-13-30-19-7-6-10-26(16-19)23(29)17-25-12-9-18(15-25)20-14-22(28)27-11-5-3-4-8-21(27)24-20/h14,18-19H,2-13,15-17H2,1H3/t18-,19+/m1/s1. The average molecular weight is 417 g/mol.